The van der Waals surface area contributed by atoms with Crippen LogP contribution in [-0.2, 0) is 11.3 Å². The van der Waals surface area contributed by atoms with Crippen LogP contribution in [0.15, 0.2) is 24.3 Å². The fourth-order valence-corrected chi connectivity index (χ4v) is 2.85. The summed E-state index contributed by atoms with van der Waals surface area (Å²) in [7, 11) is 0. The smallest absolute Gasteiger partial charge is 0.224 e. The number of rotatable bonds is 5. The molecule has 1 aromatic rings. The van der Waals surface area contributed by atoms with Gasteiger partial charge in [-0.1, -0.05) is 30.7 Å². The Hall–Kier alpha value is -1.06. The van der Waals surface area contributed by atoms with Crippen molar-refractivity contribution < 1.29 is 4.79 Å². The molecule has 0 aliphatic carbocycles. The van der Waals surface area contributed by atoms with Crippen LogP contribution in [0, 0.1) is 5.92 Å². The summed E-state index contributed by atoms with van der Waals surface area (Å²) in [5.74, 6) is 0.338. The SMILES string of the molecule is CC[C@@H](C)NC(=O)[C@@H]1CCCN(Cc2ccc(Cl)cc2)C1. The second-order valence-electron chi connectivity index (χ2n) is 6.02. The van der Waals surface area contributed by atoms with E-state index in [2.05, 4.69) is 36.2 Å². The summed E-state index contributed by atoms with van der Waals surface area (Å²) in [6.45, 7) is 6.97. The number of nitrogens with zero attached hydrogens (tertiary/aromatic N) is 1. The Bertz CT molecular complexity index is 460. The van der Waals surface area contributed by atoms with Gasteiger partial charge in [0.1, 0.15) is 0 Å². The number of carbonyl (C=O) groups is 1. The van der Waals surface area contributed by atoms with Gasteiger partial charge >= 0.3 is 0 Å². The lowest BCUT2D eigenvalue weighted by Gasteiger charge is -2.32. The molecule has 2 atom stereocenters. The van der Waals surface area contributed by atoms with Crippen LogP contribution in [-0.4, -0.2) is 29.9 Å². The Kier molecular flexibility index (Phi) is 6.07. The van der Waals surface area contributed by atoms with Gasteiger partial charge in [-0.3, -0.25) is 9.69 Å². The second kappa shape index (κ2) is 7.81. The van der Waals surface area contributed by atoms with Crippen LogP contribution in [0.3, 0.4) is 0 Å². The van der Waals surface area contributed by atoms with Crippen molar-refractivity contribution in [2.45, 2.75) is 45.7 Å². The van der Waals surface area contributed by atoms with Crippen LogP contribution in [0.25, 0.3) is 0 Å². The molecule has 1 aliphatic heterocycles. The number of carbonyl (C=O) groups excluding carboxylic acids is 1. The monoisotopic (exact) mass is 308 g/mol. The number of benzene rings is 1. The lowest BCUT2D eigenvalue weighted by atomic mass is 9.96. The quantitative estimate of drug-likeness (QED) is 0.903. The van der Waals surface area contributed by atoms with E-state index in [1.54, 1.807) is 0 Å². The van der Waals surface area contributed by atoms with Crippen molar-refractivity contribution in [3.8, 4) is 0 Å². The van der Waals surface area contributed by atoms with Crippen LogP contribution in [0.4, 0.5) is 0 Å². The number of halogens is 1. The van der Waals surface area contributed by atoms with E-state index >= 15 is 0 Å². The molecular weight excluding hydrogens is 284 g/mol. The predicted molar refractivity (Wildman–Crippen MR) is 87.3 cm³/mol. The lowest BCUT2D eigenvalue weighted by molar-refractivity contribution is -0.127. The van der Waals surface area contributed by atoms with Gasteiger partial charge in [-0.05, 0) is 50.4 Å². The van der Waals surface area contributed by atoms with Crippen LogP contribution in [0.2, 0.25) is 5.02 Å². The minimum absolute atomic E-state index is 0.125. The maximum atomic E-state index is 12.3. The third-order valence-corrected chi connectivity index (χ3v) is 4.45. The van der Waals surface area contributed by atoms with E-state index in [1.165, 1.54) is 5.56 Å². The highest BCUT2D eigenvalue weighted by molar-refractivity contribution is 6.30. The van der Waals surface area contributed by atoms with E-state index in [0.717, 1.165) is 43.9 Å². The maximum Gasteiger partial charge on any atom is 0.224 e. The van der Waals surface area contributed by atoms with E-state index in [1.807, 2.05) is 12.1 Å². The third-order valence-electron chi connectivity index (χ3n) is 4.20. The van der Waals surface area contributed by atoms with Crippen LogP contribution in [0.1, 0.15) is 38.7 Å². The second-order valence-corrected chi connectivity index (χ2v) is 6.46. The molecule has 1 amide bonds. The number of hydrogen-bond donors (Lipinski definition) is 1. The number of likely N-dealkylation sites (tertiary alicyclic amines) is 1. The molecule has 0 saturated carbocycles. The molecule has 0 spiro atoms. The Balaban J connectivity index is 1.88. The molecule has 1 saturated heterocycles. The van der Waals surface area contributed by atoms with Crippen molar-refractivity contribution >= 4 is 17.5 Å². The van der Waals surface area contributed by atoms with E-state index in [4.69, 9.17) is 11.6 Å². The van der Waals surface area contributed by atoms with Crippen molar-refractivity contribution in [1.29, 1.82) is 0 Å². The number of amides is 1. The Labute approximate surface area is 132 Å². The van der Waals surface area contributed by atoms with Gasteiger partial charge in [0.2, 0.25) is 5.91 Å². The summed E-state index contributed by atoms with van der Waals surface area (Å²) in [5, 5.41) is 3.87. The molecule has 1 aromatic carbocycles. The number of hydrogen-bond acceptors (Lipinski definition) is 2. The first-order valence-corrected chi connectivity index (χ1v) is 8.23. The molecule has 116 valence electrons. The highest BCUT2D eigenvalue weighted by Gasteiger charge is 2.26. The summed E-state index contributed by atoms with van der Waals surface area (Å²) in [4.78, 5) is 14.6. The number of piperidine rings is 1. The molecule has 4 heteroatoms. The maximum absolute atomic E-state index is 12.3. The van der Waals surface area contributed by atoms with Crippen molar-refractivity contribution in [3.63, 3.8) is 0 Å². The normalized spacial score (nSPS) is 21.0. The van der Waals surface area contributed by atoms with E-state index in [-0.39, 0.29) is 17.9 Å². The Morgan fingerprint density at radius 1 is 1.43 bits per heavy atom. The fraction of sp³-hybridized carbons (Fsp3) is 0.588. The van der Waals surface area contributed by atoms with Gasteiger partial charge < -0.3 is 5.32 Å². The van der Waals surface area contributed by atoms with Gasteiger partial charge in [-0.15, -0.1) is 0 Å². The summed E-state index contributed by atoms with van der Waals surface area (Å²) >= 11 is 5.91. The summed E-state index contributed by atoms with van der Waals surface area (Å²) in [6, 6.07) is 8.24. The lowest BCUT2D eigenvalue weighted by Crippen LogP contribution is -2.44. The first-order valence-electron chi connectivity index (χ1n) is 7.85. The Morgan fingerprint density at radius 3 is 2.81 bits per heavy atom. The summed E-state index contributed by atoms with van der Waals surface area (Å²) in [6.07, 6.45) is 3.07. The summed E-state index contributed by atoms with van der Waals surface area (Å²) in [5.41, 5.74) is 1.25. The predicted octanol–water partition coefficient (Wildman–Crippen LogP) is 3.47. The van der Waals surface area contributed by atoms with Gasteiger partial charge in [0.25, 0.3) is 0 Å². The zero-order valence-electron chi connectivity index (χ0n) is 12.9. The minimum Gasteiger partial charge on any atom is -0.353 e. The van der Waals surface area contributed by atoms with Gasteiger partial charge in [-0.25, -0.2) is 0 Å². The molecule has 0 aromatic heterocycles. The van der Waals surface area contributed by atoms with Crippen LogP contribution in [0.5, 0.6) is 0 Å². The van der Waals surface area contributed by atoms with Crippen molar-refractivity contribution in [1.82, 2.24) is 10.2 Å². The summed E-state index contributed by atoms with van der Waals surface area (Å²) < 4.78 is 0. The molecule has 1 aliphatic rings. The van der Waals surface area contributed by atoms with Gasteiger partial charge in [0.15, 0.2) is 0 Å². The third kappa shape index (κ3) is 5.01. The van der Waals surface area contributed by atoms with Gasteiger partial charge in [0.05, 0.1) is 5.92 Å². The van der Waals surface area contributed by atoms with Gasteiger partial charge in [0, 0.05) is 24.2 Å². The zero-order valence-corrected chi connectivity index (χ0v) is 13.7. The fourth-order valence-electron chi connectivity index (χ4n) is 2.72. The molecule has 0 bridgehead atoms. The number of nitrogens with one attached hydrogen (secondary N) is 1. The largest absolute Gasteiger partial charge is 0.353 e. The highest BCUT2D eigenvalue weighted by Crippen LogP contribution is 2.20. The minimum atomic E-state index is 0.125. The van der Waals surface area contributed by atoms with E-state index in [0.29, 0.717) is 0 Å². The zero-order chi connectivity index (χ0) is 15.2. The van der Waals surface area contributed by atoms with Crippen molar-refractivity contribution in [2.75, 3.05) is 13.1 Å². The van der Waals surface area contributed by atoms with Crippen molar-refractivity contribution in [2.24, 2.45) is 5.92 Å². The first-order chi connectivity index (χ1) is 10.1. The topological polar surface area (TPSA) is 32.3 Å². The molecule has 1 heterocycles. The standard InChI is InChI=1S/C17H25ClN2O/c1-3-13(2)19-17(21)15-5-4-10-20(12-15)11-14-6-8-16(18)9-7-14/h6-9,13,15H,3-5,10-12H2,1-2H3,(H,19,21)/t13-,15-/m1/s1. The molecule has 0 radical (unpaired) electrons. The molecule has 1 N–H and O–H groups in total. The molecule has 21 heavy (non-hydrogen) atoms. The van der Waals surface area contributed by atoms with Crippen molar-refractivity contribution in [3.05, 3.63) is 34.9 Å². The average Bonchev–Trinajstić information content (AvgIpc) is 2.49. The Morgan fingerprint density at radius 2 is 2.14 bits per heavy atom. The molecule has 3 nitrogen and oxygen atoms in total. The first kappa shape index (κ1) is 16.3. The van der Waals surface area contributed by atoms with E-state index < -0.39 is 0 Å². The van der Waals surface area contributed by atoms with Gasteiger partial charge in [-0.2, -0.15) is 0 Å². The van der Waals surface area contributed by atoms with Crippen LogP contribution >= 0.6 is 11.6 Å². The highest BCUT2D eigenvalue weighted by atomic mass is 35.5. The molecular formula is C17H25ClN2O. The van der Waals surface area contributed by atoms with E-state index in [9.17, 15) is 4.79 Å². The van der Waals surface area contributed by atoms with Crippen LogP contribution < -0.4 is 5.32 Å². The molecule has 2 rings (SSSR count). The molecule has 0 unspecified atom stereocenters. The molecule has 1 fully saturated rings. The average molecular weight is 309 g/mol.